The third-order valence-electron chi connectivity index (χ3n) is 5.05. The Kier molecular flexibility index (Phi) is 7.61. The number of carbonyl (C=O) groups is 3. The molecule has 28 heavy (non-hydrogen) atoms. The van der Waals surface area contributed by atoms with E-state index in [1.165, 1.54) is 6.92 Å². The summed E-state index contributed by atoms with van der Waals surface area (Å²) >= 11 is 0. The summed E-state index contributed by atoms with van der Waals surface area (Å²) in [6.45, 7) is 11.0. The van der Waals surface area contributed by atoms with Crippen molar-refractivity contribution < 1.29 is 28.6 Å². The van der Waals surface area contributed by atoms with Gasteiger partial charge in [-0.15, -0.1) is 0 Å². The van der Waals surface area contributed by atoms with Crippen LogP contribution in [0.3, 0.4) is 0 Å². The lowest BCUT2D eigenvalue weighted by Gasteiger charge is -2.42. The molecule has 0 aliphatic carbocycles. The maximum atomic E-state index is 12.3. The molecule has 2 heterocycles. The molecule has 1 fully saturated rings. The van der Waals surface area contributed by atoms with Crippen LogP contribution in [0.2, 0.25) is 0 Å². The molecule has 0 N–H and O–H groups in total. The number of esters is 2. The Labute approximate surface area is 166 Å². The average Bonchev–Trinajstić information content (AvgIpc) is 2.58. The van der Waals surface area contributed by atoms with Crippen LogP contribution in [0.1, 0.15) is 59.8 Å². The Hall–Kier alpha value is -2.37. The molecule has 2 rings (SSSR count). The van der Waals surface area contributed by atoms with E-state index in [1.54, 1.807) is 13.2 Å². The summed E-state index contributed by atoms with van der Waals surface area (Å²) in [5.41, 5.74) is 2.84. The molecule has 6 heteroatoms. The van der Waals surface area contributed by atoms with Crippen molar-refractivity contribution in [2.45, 2.75) is 72.2 Å². The minimum absolute atomic E-state index is 0.118. The lowest BCUT2D eigenvalue weighted by Crippen LogP contribution is -2.45. The van der Waals surface area contributed by atoms with Crippen molar-refractivity contribution in [3.63, 3.8) is 0 Å². The molecule has 0 aromatic rings. The molecule has 4 atom stereocenters. The van der Waals surface area contributed by atoms with Gasteiger partial charge in [-0.3, -0.25) is 9.59 Å². The van der Waals surface area contributed by atoms with Crippen LogP contribution in [0.25, 0.3) is 0 Å². The first kappa shape index (κ1) is 21.9. The van der Waals surface area contributed by atoms with Gasteiger partial charge in [-0.25, -0.2) is 0 Å². The molecule has 0 amide bonds. The number of rotatable bonds is 8. The summed E-state index contributed by atoms with van der Waals surface area (Å²) in [6, 6.07) is 0. The van der Waals surface area contributed by atoms with Gasteiger partial charge in [0.2, 0.25) is 6.29 Å². The molecular formula is C22H30O6. The summed E-state index contributed by atoms with van der Waals surface area (Å²) in [5, 5.41) is 0. The van der Waals surface area contributed by atoms with E-state index in [9.17, 15) is 14.4 Å². The van der Waals surface area contributed by atoms with Gasteiger partial charge < -0.3 is 19.0 Å². The molecule has 2 aliphatic rings. The van der Waals surface area contributed by atoms with E-state index in [0.717, 1.165) is 16.7 Å². The van der Waals surface area contributed by atoms with Crippen LogP contribution in [0, 0.1) is 11.8 Å². The second-order valence-electron chi connectivity index (χ2n) is 7.78. The first-order chi connectivity index (χ1) is 13.2. The molecule has 6 nitrogen and oxygen atoms in total. The summed E-state index contributed by atoms with van der Waals surface area (Å²) in [6.07, 6.45) is 4.86. The molecule has 0 saturated carbocycles. The molecule has 0 radical (unpaired) electrons. The first-order valence-corrected chi connectivity index (χ1v) is 9.71. The number of carbonyl (C=O) groups excluding carboxylic acids is 3. The van der Waals surface area contributed by atoms with Crippen LogP contribution in [-0.2, 0) is 28.6 Å². The van der Waals surface area contributed by atoms with Crippen molar-refractivity contribution in [3.8, 4) is 0 Å². The van der Waals surface area contributed by atoms with E-state index in [-0.39, 0.29) is 30.0 Å². The third-order valence-corrected chi connectivity index (χ3v) is 5.05. The minimum atomic E-state index is -0.828. The van der Waals surface area contributed by atoms with Crippen molar-refractivity contribution in [1.82, 2.24) is 0 Å². The smallest absolute Gasteiger partial charge is 0.307 e. The second-order valence-corrected chi connectivity index (χ2v) is 7.78. The fourth-order valence-electron chi connectivity index (χ4n) is 3.73. The highest BCUT2D eigenvalue weighted by molar-refractivity contribution is 5.75. The van der Waals surface area contributed by atoms with Gasteiger partial charge in [0, 0.05) is 31.3 Å². The molecule has 0 bridgehead atoms. The topological polar surface area (TPSA) is 78.9 Å². The largest absolute Gasteiger partial charge is 0.462 e. The fourth-order valence-corrected chi connectivity index (χ4v) is 3.73. The van der Waals surface area contributed by atoms with Gasteiger partial charge in [0.25, 0.3) is 0 Å². The summed E-state index contributed by atoms with van der Waals surface area (Å²) in [5.74, 6) is -1.16. The van der Waals surface area contributed by atoms with Gasteiger partial charge in [-0.1, -0.05) is 23.8 Å². The molecular weight excluding hydrogens is 360 g/mol. The van der Waals surface area contributed by atoms with Crippen molar-refractivity contribution in [1.29, 1.82) is 0 Å². The Morgan fingerprint density at radius 3 is 2.57 bits per heavy atom. The number of hydrogen-bond donors (Lipinski definition) is 0. The van der Waals surface area contributed by atoms with Crippen LogP contribution in [0.15, 0.2) is 35.6 Å². The summed E-state index contributed by atoms with van der Waals surface area (Å²) in [7, 11) is 0. The molecule has 154 valence electrons. The van der Waals surface area contributed by atoms with E-state index < -0.39 is 18.4 Å². The zero-order chi connectivity index (χ0) is 20.8. The molecule has 0 aromatic carbocycles. The Bertz CT molecular complexity index is 698. The molecule has 1 saturated heterocycles. The Morgan fingerprint density at radius 2 is 1.96 bits per heavy atom. The van der Waals surface area contributed by atoms with Gasteiger partial charge in [0.05, 0.1) is 18.6 Å². The quantitative estimate of drug-likeness (QED) is 0.460. The van der Waals surface area contributed by atoms with E-state index in [0.29, 0.717) is 25.7 Å². The fraction of sp³-hybridized carbons (Fsp3) is 0.591. The third kappa shape index (κ3) is 5.81. The van der Waals surface area contributed by atoms with Crippen molar-refractivity contribution >= 4 is 17.7 Å². The van der Waals surface area contributed by atoms with Crippen LogP contribution < -0.4 is 0 Å². The van der Waals surface area contributed by atoms with Crippen LogP contribution in [0.5, 0.6) is 0 Å². The lowest BCUT2D eigenvalue weighted by atomic mass is 9.73. The first-order valence-electron chi connectivity index (χ1n) is 9.71. The highest BCUT2D eigenvalue weighted by atomic mass is 16.7. The zero-order valence-electron chi connectivity index (χ0n) is 17.2. The summed E-state index contributed by atoms with van der Waals surface area (Å²) in [4.78, 5) is 35.1. The number of ketones is 1. The van der Waals surface area contributed by atoms with E-state index in [1.807, 2.05) is 19.9 Å². The number of cyclic esters (lactones) is 1. The standard InChI is InChI=1S/C22H30O6/c1-13(2)9-10-19-18-12-26-22(27-16(5)24)21(17(18)11-20(25)28-19)14(3)7-6-8-15(4)23/h9,12,17,19,21-22H,3,6-8,10-11H2,1-2,4-5H3/t17-,19+,21+,22-/m1/s1. The van der Waals surface area contributed by atoms with Crippen molar-refractivity contribution in [2.24, 2.45) is 11.8 Å². The maximum Gasteiger partial charge on any atom is 0.307 e. The minimum Gasteiger partial charge on any atom is -0.462 e. The van der Waals surface area contributed by atoms with Gasteiger partial charge in [-0.05, 0) is 33.6 Å². The van der Waals surface area contributed by atoms with E-state index in [2.05, 4.69) is 6.58 Å². The predicted molar refractivity (Wildman–Crippen MR) is 104 cm³/mol. The monoisotopic (exact) mass is 390 g/mol. The predicted octanol–water partition coefficient (Wildman–Crippen LogP) is 4.01. The van der Waals surface area contributed by atoms with Crippen LogP contribution >= 0.6 is 0 Å². The molecule has 0 aromatic heterocycles. The Balaban J connectivity index is 2.27. The highest BCUT2D eigenvalue weighted by Gasteiger charge is 2.46. The normalized spacial score (nSPS) is 26.1. The van der Waals surface area contributed by atoms with Crippen molar-refractivity contribution in [2.75, 3.05) is 0 Å². The molecule has 0 unspecified atom stereocenters. The number of allylic oxidation sites excluding steroid dienone is 1. The van der Waals surface area contributed by atoms with Crippen LogP contribution in [0.4, 0.5) is 0 Å². The second kappa shape index (κ2) is 9.71. The van der Waals surface area contributed by atoms with Gasteiger partial charge in [-0.2, -0.15) is 0 Å². The highest BCUT2D eigenvalue weighted by Crippen LogP contribution is 2.44. The lowest BCUT2D eigenvalue weighted by molar-refractivity contribution is -0.185. The van der Waals surface area contributed by atoms with E-state index in [4.69, 9.17) is 14.2 Å². The van der Waals surface area contributed by atoms with Crippen LogP contribution in [-0.4, -0.2) is 30.1 Å². The number of fused-ring (bicyclic) bond motifs is 1. The van der Waals surface area contributed by atoms with Gasteiger partial charge in [0.15, 0.2) is 0 Å². The van der Waals surface area contributed by atoms with Crippen molar-refractivity contribution in [3.05, 3.63) is 35.6 Å². The number of Topliss-reactive ketones (excluding diaryl/α,β-unsaturated/α-hetero) is 1. The molecule has 0 spiro atoms. The SMILES string of the molecule is C=C(CCCC(C)=O)[C@@H]1[C@@H](OC(C)=O)OC=C2[C@H](CC=C(C)C)OC(=O)C[C@H]21. The maximum absolute atomic E-state index is 12.3. The van der Waals surface area contributed by atoms with E-state index >= 15 is 0 Å². The van der Waals surface area contributed by atoms with Gasteiger partial charge in [0.1, 0.15) is 11.9 Å². The number of ether oxygens (including phenoxy) is 3. The zero-order valence-corrected chi connectivity index (χ0v) is 17.2. The molecule has 2 aliphatic heterocycles. The Morgan fingerprint density at radius 1 is 1.25 bits per heavy atom. The van der Waals surface area contributed by atoms with Gasteiger partial charge >= 0.3 is 11.9 Å². The summed E-state index contributed by atoms with van der Waals surface area (Å²) < 4.78 is 16.7. The average molecular weight is 390 g/mol. The number of hydrogen-bond acceptors (Lipinski definition) is 6.